The van der Waals surface area contributed by atoms with Crippen molar-refractivity contribution in [3.63, 3.8) is 0 Å². The first-order valence-electron chi connectivity index (χ1n) is 4.39. The van der Waals surface area contributed by atoms with E-state index in [9.17, 15) is 0 Å². The molecule has 2 heteroatoms. The Morgan fingerprint density at radius 2 is 2.36 bits per heavy atom. The number of quaternary nitrogens is 1. The molecule has 1 atom stereocenters. The summed E-state index contributed by atoms with van der Waals surface area (Å²) < 4.78 is 5.68. The summed E-state index contributed by atoms with van der Waals surface area (Å²) in [5.74, 6) is 0.723. The molecular formula is C9H19NO. The fourth-order valence-electron chi connectivity index (χ4n) is 1.47. The molecule has 0 radical (unpaired) electrons. The third-order valence-corrected chi connectivity index (χ3v) is 2.36. The third kappa shape index (κ3) is 2.80. The lowest BCUT2D eigenvalue weighted by Gasteiger charge is -2.34. The first-order chi connectivity index (χ1) is 5.14. The topological polar surface area (TPSA) is 25.8 Å². The van der Waals surface area contributed by atoms with Crippen LogP contribution in [0.3, 0.4) is 0 Å². The van der Waals surface area contributed by atoms with Crippen LogP contribution in [0.4, 0.5) is 0 Å². The van der Waals surface area contributed by atoms with Crippen molar-refractivity contribution >= 4 is 0 Å². The molecule has 1 heterocycles. The van der Waals surface area contributed by atoms with E-state index in [2.05, 4.69) is 20.9 Å². The Morgan fingerprint density at radius 1 is 1.64 bits per heavy atom. The zero-order valence-corrected chi connectivity index (χ0v) is 7.60. The highest BCUT2D eigenvalue weighted by Gasteiger charge is 2.27. The molecule has 2 N–H and O–H groups in total. The van der Waals surface area contributed by atoms with Crippen molar-refractivity contribution in [3.05, 3.63) is 7.05 Å². The second-order valence-corrected chi connectivity index (χ2v) is 4.00. The molecule has 1 unspecified atom stereocenters. The third-order valence-electron chi connectivity index (χ3n) is 2.36. The predicted molar refractivity (Wildman–Crippen MR) is 44.9 cm³/mol. The summed E-state index contributed by atoms with van der Waals surface area (Å²) in [6.45, 7) is 6.35. The molecule has 0 saturated carbocycles. The minimum absolute atomic E-state index is 0.123. The highest BCUT2D eigenvalue weighted by Crippen LogP contribution is 2.26. The standard InChI is InChI=1S/C9H19NO/c1-9(2)5-4-8(6-10-3)7-11-9/h8H,3-7,10H2,1-2H3. The van der Waals surface area contributed by atoms with Crippen molar-refractivity contribution in [3.8, 4) is 0 Å². The van der Waals surface area contributed by atoms with Crippen molar-refractivity contribution in [1.29, 1.82) is 0 Å². The van der Waals surface area contributed by atoms with Crippen LogP contribution in [0.5, 0.6) is 0 Å². The fourth-order valence-corrected chi connectivity index (χ4v) is 1.47. The Morgan fingerprint density at radius 3 is 2.82 bits per heavy atom. The maximum Gasteiger partial charge on any atom is 0.0626 e. The first kappa shape index (κ1) is 9.01. The van der Waals surface area contributed by atoms with E-state index < -0.39 is 0 Å². The van der Waals surface area contributed by atoms with Crippen LogP contribution in [-0.4, -0.2) is 18.8 Å². The zero-order valence-electron chi connectivity index (χ0n) is 7.60. The number of hydrogen-bond donors (Lipinski definition) is 1. The van der Waals surface area contributed by atoms with Crippen LogP contribution >= 0.6 is 0 Å². The monoisotopic (exact) mass is 157 g/mol. The summed E-state index contributed by atoms with van der Waals surface area (Å²) in [5, 5.41) is 1.99. The van der Waals surface area contributed by atoms with Crippen LogP contribution in [0.2, 0.25) is 0 Å². The lowest BCUT2D eigenvalue weighted by molar-refractivity contribution is -0.603. The maximum absolute atomic E-state index is 5.68. The second kappa shape index (κ2) is 3.55. The minimum atomic E-state index is 0.123. The van der Waals surface area contributed by atoms with E-state index >= 15 is 0 Å². The van der Waals surface area contributed by atoms with Gasteiger partial charge < -0.3 is 10.1 Å². The normalized spacial score (nSPS) is 30.3. The largest absolute Gasteiger partial charge is 0.479 e. The van der Waals surface area contributed by atoms with Crippen LogP contribution in [-0.2, 0) is 4.74 Å². The van der Waals surface area contributed by atoms with Gasteiger partial charge in [-0.25, -0.2) is 0 Å². The predicted octanol–water partition coefficient (Wildman–Crippen LogP) is 0.547. The van der Waals surface area contributed by atoms with Crippen LogP contribution in [0.25, 0.3) is 0 Å². The smallest absolute Gasteiger partial charge is 0.0626 e. The quantitative estimate of drug-likeness (QED) is 0.582. The summed E-state index contributed by atoms with van der Waals surface area (Å²) in [7, 11) is 3.74. The van der Waals surface area contributed by atoms with Crippen LogP contribution < -0.4 is 5.32 Å². The van der Waals surface area contributed by atoms with Gasteiger partial charge >= 0.3 is 0 Å². The van der Waals surface area contributed by atoms with Gasteiger partial charge in [0, 0.05) is 5.92 Å². The zero-order chi connectivity index (χ0) is 8.32. The van der Waals surface area contributed by atoms with Gasteiger partial charge in [-0.15, -0.1) is 0 Å². The van der Waals surface area contributed by atoms with Crippen molar-refractivity contribution in [2.45, 2.75) is 32.3 Å². The molecule has 1 saturated heterocycles. The second-order valence-electron chi connectivity index (χ2n) is 4.00. The van der Waals surface area contributed by atoms with Gasteiger partial charge in [-0.2, -0.15) is 7.05 Å². The minimum Gasteiger partial charge on any atom is -0.479 e. The molecule has 2 nitrogen and oxygen atoms in total. The van der Waals surface area contributed by atoms with E-state index in [4.69, 9.17) is 4.74 Å². The van der Waals surface area contributed by atoms with Gasteiger partial charge in [-0.05, 0) is 26.7 Å². The average Bonchev–Trinajstić information content (AvgIpc) is 1.94. The van der Waals surface area contributed by atoms with Crippen molar-refractivity contribution in [2.75, 3.05) is 13.2 Å². The van der Waals surface area contributed by atoms with Crippen LogP contribution in [0.1, 0.15) is 26.7 Å². The lowest BCUT2D eigenvalue weighted by atomic mass is 9.92. The van der Waals surface area contributed by atoms with Crippen molar-refractivity contribution in [2.24, 2.45) is 5.92 Å². The summed E-state index contributed by atoms with van der Waals surface area (Å²) >= 11 is 0. The van der Waals surface area contributed by atoms with E-state index in [0.717, 1.165) is 19.1 Å². The molecule has 0 aromatic carbocycles. The number of hydrogen-bond acceptors (Lipinski definition) is 1. The average molecular weight is 157 g/mol. The number of nitrogens with two attached hydrogens (primary N) is 1. The molecule has 0 spiro atoms. The first-order valence-corrected chi connectivity index (χ1v) is 4.39. The van der Waals surface area contributed by atoms with Gasteiger partial charge in [-0.1, -0.05) is 0 Å². The summed E-state index contributed by atoms with van der Waals surface area (Å²) in [4.78, 5) is 0. The van der Waals surface area contributed by atoms with E-state index in [-0.39, 0.29) is 5.60 Å². The molecule has 11 heavy (non-hydrogen) atoms. The fraction of sp³-hybridized carbons (Fsp3) is 0.889. The van der Waals surface area contributed by atoms with Crippen molar-refractivity contribution < 1.29 is 10.1 Å². The highest BCUT2D eigenvalue weighted by molar-refractivity contribution is 4.76. The Kier molecular flexibility index (Phi) is 2.90. The van der Waals surface area contributed by atoms with Gasteiger partial charge in [0.2, 0.25) is 0 Å². The lowest BCUT2D eigenvalue weighted by Crippen LogP contribution is -2.79. The number of ether oxygens (including phenoxy) is 1. The maximum atomic E-state index is 5.68. The molecular weight excluding hydrogens is 138 g/mol. The molecule has 1 aliphatic rings. The van der Waals surface area contributed by atoms with E-state index in [1.54, 1.807) is 0 Å². The van der Waals surface area contributed by atoms with Gasteiger partial charge in [0.1, 0.15) is 0 Å². The summed E-state index contributed by atoms with van der Waals surface area (Å²) in [6, 6.07) is 0. The number of rotatable bonds is 2. The van der Waals surface area contributed by atoms with Gasteiger partial charge in [0.15, 0.2) is 0 Å². The summed E-state index contributed by atoms with van der Waals surface area (Å²) in [5.41, 5.74) is 0.123. The molecule has 1 aliphatic heterocycles. The molecule has 0 amide bonds. The Bertz CT molecular complexity index is 113. The molecule has 1 rings (SSSR count). The highest BCUT2D eigenvalue weighted by atomic mass is 16.5. The summed E-state index contributed by atoms with van der Waals surface area (Å²) in [6.07, 6.45) is 2.48. The molecule has 0 bridgehead atoms. The van der Waals surface area contributed by atoms with Crippen LogP contribution in [0.15, 0.2) is 0 Å². The Labute approximate surface area is 69.3 Å². The molecule has 0 aliphatic carbocycles. The van der Waals surface area contributed by atoms with Crippen LogP contribution in [0, 0.1) is 13.0 Å². The SMILES string of the molecule is [CH2-][NH2+]CC1CCC(C)(C)OC1. The van der Waals surface area contributed by atoms with Gasteiger partial charge in [-0.3, -0.25) is 0 Å². The molecule has 0 aromatic rings. The van der Waals surface area contributed by atoms with E-state index in [1.165, 1.54) is 12.8 Å². The Hall–Kier alpha value is -0.0800. The van der Waals surface area contributed by atoms with E-state index in [0.29, 0.717) is 0 Å². The Balaban J connectivity index is 2.25. The van der Waals surface area contributed by atoms with Gasteiger partial charge in [0.25, 0.3) is 0 Å². The molecule has 1 fully saturated rings. The van der Waals surface area contributed by atoms with Gasteiger partial charge in [0.05, 0.1) is 18.8 Å². The molecule has 66 valence electrons. The molecule has 0 aromatic heterocycles. The van der Waals surface area contributed by atoms with E-state index in [1.807, 2.05) is 5.32 Å². The van der Waals surface area contributed by atoms with Crippen molar-refractivity contribution in [1.82, 2.24) is 0 Å².